The number of aryl methyl sites for hydroxylation is 1. The summed E-state index contributed by atoms with van der Waals surface area (Å²) in [5.41, 5.74) is 2.57. The number of ether oxygens (including phenoxy) is 1. The maximum Gasteiger partial charge on any atom is 0.410 e. The third-order valence-electron chi connectivity index (χ3n) is 4.46. The number of para-hydroxylation sites is 1. The molecule has 2 aromatic rings. The van der Waals surface area contributed by atoms with E-state index in [1.165, 1.54) is 0 Å². The van der Waals surface area contributed by atoms with Crippen LogP contribution in [0.3, 0.4) is 0 Å². The number of fused-ring (bicyclic) bond motifs is 2. The lowest BCUT2D eigenvalue weighted by Gasteiger charge is -2.35. The molecular formula is C16H18N4O4. The standard InChI is InChI=1S/C16H18N4O4/c1-10-3-2-4-12-14(10)18-13(24-12)7-17-15(21)19-5-6-20-11(8-19)9-23-16(20)22/h2-4,11H,5-9H2,1H3,(H,17,21)/t11-/m0/s1. The van der Waals surface area contributed by atoms with Crippen LogP contribution in [0.2, 0.25) is 0 Å². The molecule has 24 heavy (non-hydrogen) atoms. The van der Waals surface area contributed by atoms with Crippen molar-refractivity contribution < 1.29 is 18.7 Å². The summed E-state index contributed by atoms with van der Waals surface area (Å²) < 4.78 is 10.7. The predicted molar refractivity (Wildman–Crippen MR) is 84.4 cm³/mol. The first-order chi connectivity index (χ1) is 11.6. The molecule has 1 N–H and O–H groups in total. The summed E-state index contributed by atoms with van der Waals surface area (Å²) in [6.45, 7) is 4.01. The number of rotatable bonds is 2. The van der Waals surface area contributed by atoms with E-state index in [0.717, 1.165) is 16.7 Å². The Morgan fingerprint density at radius 3 is 3.12 bits per heavy atom. The maximum absolute atomic E-state index is 12.3. The number of piperazine rings is 1. The van der Waals surface area contributed by atoms with Gasteiger partial charge in [-0.25, -0.2) is 14.6 Å². The number of hydrogen-bond acceptors (Lipinski definition) is 5. The zero-order valence-electron chi connectivity index (χ0n) is 13.3. The van der Waals surface area contributed by atoms with Gasteiger partial charge in [-0.1, -0.05) is 12.1 Å². The second-order valence-corrected chi connectivity index (χ2v) is 6.06. The highest BCUT2D eigenvalue weighted by atomic mass is 16.6. The molecule has 8 heteroatoms. The smallest absolute Gasteiger partial charge is 0.410 e. The Kier molecular flexibility index (Phi) is 3.51. The van der Waals surface area contributed by atoms with Gasteiger partial charge in [0.2, 0.25) is 5.89 Å². The number of benzene rings is 1. The van der Waals surface area contributed by atoms with Crippen molar-refractivity contribution in [3.05, 3.63) is 29.7 Å². The minimum atomic E-state index is -0.290. The van der Waals surface area contributed by atoms with Crippen LogP contribution < -0.4 is 5.32 Å². The number of hydrogen-bond donors (Lipinski definition) is 1. The van der Waals surface area contributed by atoms with Gasteiger partial charge in [-0.3, -0.25) is 4.90 Å². The van der Waals surface area contributed by atoms with Gasteiger partial charge < -0.3 is 19.4 Å². The SMILES string of the molecule is Cc1cccc2oc(CNC(=O)N3CCN4C(=O)OC[C@@H]4C3)nc12. The zero-order chi connectivity index (χ0) is 16.7. The van der Waals surface area contributed by atoms with Gasteiger partial charge in [0.05, 0.1) is 12.6 Å². The van der Waals surface area contributed by atoms with Gasteiger partial charge in [0.1, 0.15) is 12.1 Å². The maximum atomic E-state index is 12.3. The lowest BCUT2D eigenvalue weighted by atomic mass is 10.2. The van der Waals surface area contributed by atoms with Crippen molar-refractivity contribution in [1.29, 1.82) is 0 Å². The molecule has 2 aliphatic rings. The van der Waals surface area contributed by atoms with Crippen molar-refractivity contribution in [2.24, 2.45) is 0 Å². The van der Waals surface area contributed by atoms with Gasteiger partial charge in [0.25, 0.3) is 0 Å². The van der Waals surface area contributed by atoms with E-state index < -0.39 is 0 Å². The van der Waals surface area contributed by atoms with Crippen LogP contribution in [-0.2, 0) is 11.3 Å². The molecule has 0 unspecified atom stereocenters. The molecule has 0 bridgehead atoms. The van der Waals surface area contributed by atoms with Gasteiger partial charge in [-0.2, -0.15) is 0 Å². The topological polar surface area (TPSA) is 87.9 Å². The molecule has 2 saturated heterocycles. The summed E-state index contributed by atoms with van der Waals surface area (Å²) in [6, 6.07) is 5.50. The monoisotopic (exact) mass is 330 g/mol. The lowest BCUT2D eigenvalue weighted by molar-refractivity contribution is 0.126. The van der Waals surface area contributed by atoms with Gasteiger partial charge in [-0.15, -0.1) is 0 Å². The van der Waals surface area contributed by atoms with Gasteiger partial charge in [-0.05, 0) is 18.6 Å². The molecule has 126 valence electrons. The zero-order valence-corrected chi connectivity index (χ0v) is 13.3. The number of carbonyl (C=O) groups excluding carboxylic acids is 2. The highest BCUT2D eigenvalue weighted by Crippen LogP contribution is 2.19. The Hall–Kier alpha value is -2.77. The number of aromatic nitrogens is 1. The Morgan fingerprint density at radius 2 is 2.29 bits per heavy atom. The van der Waals surface area contributed by atoms with Crippen LogP contribution in [0.1, 0.15) is 11.5 Å². The second-order valence-electron chi connectivity index (χ2n) is 6.06. The highest BCUT2D eigenvalue weighted by molar-refractivity contribution is 5.77. The molecule has 1 atom stereocenters. The number of amides is 3. The Morgan fingerprint density at radius 1 is 1.42 bits per heavy atom. The Labute approximate surface area is 138 Å². The number of nitrogens with zero attached hydrogens (tertiary/aromatic N) is 3. The largest absolute Gasteiger partial charge is 0.447 e. The van der Waals surface area contributed by atoms with E-state index in [4.69, 9.17) is 9.15 Å². The molecule has 3 heterocycles. The van der Waals surface area contributed by atoms with Crippen molar-refractivity contribution >= 4 is 23.2 Å². The van der Waals surface area contributed by atoms with E-state index >= 15 is 0 Å². The number of urea groups is 1. The average molecular weight is 330 g/mol. The van der Waals surface area contributed by atoms with Crippen LogP contribution in [0.15, 0.2) is 22.6 Å². The number of cyclic esters (lactones) is 1. The van der Waals surface area contributed by atoms with Crippen molar-refractivity contribution in [2.45, 2.75) is 19.5 Å². The van der Waals surface area contributed by atoms with Crippen LogP contribution >= 0.6 is 0 Å². The Balaban J connectivity index is 1.37. The third kappa shape index (κ3) is 2.53. The van der Waals surface area contributed by atoms with E-state index in [1.807, 2.05) is 25.1 Å². The van der Waals surface area contributed by atoms with Gasteiger partial charge >= 0.3 is 12.1 Å². The average Bonchev–Trinajstić information content (AvgIpc) is 3.17. The number of oxazole rings is 1. The van der Waals surface area contributed by atoms with Crippen molar-refractivity contribution in [1.82, 2.24) is 20.1 Å². The van der Waals surface area contributed by atoms with Gasteiger partial charge in [0.15, 0.2) is 5.58 Å². The molecule has 2 aliphatic heterocycles. The van der Waals surface area contributed by atoms with Crippen molar-refractivity contribution in [2.75, 3.05) is 26.2 Å². The van der Waals surface area contributed by atoms with Crippen molar-refractivity contribution in [3.63, 3.8) is 0 Å². The van der Waals surface area contributed by atoms with Crippen LogP contribution in [0, 0.1) is 6.92 Å². The molecule has 0 aliphatic carbocycles. The summed E-state index contributed by atoms with van der Waals surface area (Å²) in [5.74, 6) is 0.477. The molecule has 0 saturated carbocycles. The van der Waals surface area contributed by atoms with Crippen LogP contribution in [-0.4, -0.2) is 59.2 Å². The normalized spacial score (nSPS) is 20.2. The molecule has 8 nitrogen and oxygen atoms in total. The summed E-state index contributed by atoms with van der Waals surface area (Å²) in [4.78, 5) is 31.6. The molecule has 0 radical (unpaired) electrons. The molecule has 1 aromatic heterocycles. The van der Waals surface area contributed by atoms with E-state index in [0.29, 0.717) is 32.1 Å². The van der Waals surface area contributed by atoms with Crippen molar-refractivity contribution in [3.8, 4) is 0 Å². The highest BCUT2D eigenvalue weighted by Gasteiger charge is 2.38. The van der Waals surface area contributed by atoms with Crippen LogP contribution in [0.5, 0.6) is 0 Å². The first kappa shape index (κ1) is 14.8. The van der Waals surface area contributed by atoms with E-state index in [9.17, 15) is 9.59 Å². The van der Waals surface area contributed by atoms with E-state index in [1.54, 1.807) is 9.80 Å². The summed E-state index contributed by atoms with van der Waals surface area (Å²) in [6.07, 6.45) is -0.290. The lowest BCUT2D eigenvalue weighted by Crippen LogP contribution is -2.55. The number of carbonyl (C=O) groups is 2. The quantitative estimate of drug-likeness (QED) is 0.901. The molecule has 3 amide bonds. The fraction of sp³-hybridized carbons (Fsp3) is 0.438. The molecule has 1 aromatic carbocycles. The molecule has 0 spiro atoms. The van der Waals surface area contributed by atoms with Crippen LogP contribution in [0.25, 0.3) is 11.1 Å². The summed E-state index contributed by atoms with van der Waals surface area (Å²) >= 11 is 0. The fourth-order valence-corrected chi connectivity index (χ4v) is 3.14. The molecule has 2 fully saturated rings. The fourth-order valence-electron chi connectivity index (χ4n) is 3.14. The first-order valence-corrected chi connectivity index (χ1v) is 7.93. The minimum Gasteiger partial charge on any atom is -0.447 e. The first-order valence-electron chi connectivity index (χ1n) is 7.93. The second kappa shape index (κ2) is 5.70. The minimum absolute atomic E-state index is 0.0519. The molecule has 4 rings (SSSR count). The Bertz CT molecular complexity index is 802. The predicted octanol–water partition coefficient (Wildman–Crippen LogP) is 1.48. The van der Waals surface area contributed by atoms with E-state index in [-0.39, 0.29) is 24.7 Å². The number of nitrogens with one attached hydrogen (secondary N) is 1. The third-order valence-corrected chi connectivity index (χ3v) is 4.46. The summed E-state index contributed by atoms with van der Waals surface area (Å²) in [7, 11) is 0. The van der Waals surface area contributed by atoms with E-state index in [2.05, 4.69) is 10.3 Å². The molecular weight excluding hydrogens is 312 g/mol. The van der Waals surface area contributed by atoms with Crippen LogP contribution in [0.4, 0.5) is 9.59 Å². The van der Waals surface area contributed by atoms with Gasteiger partial charge in [0, 0.05) is 19.6 Å². The summed E-state index contributed by atoms with van der Waals surface area (Å²) in [5, 5.41) is 2.83.